The van der Waals surface area contributed by atoms with Crippen molar-refractivity contribution in [2.75, 3.05) is 4.72 Å². The van der Waals surface area contributed by atoms with E-state index in [2.05, 4.69) is 20.7 Å². The van der Waals surface area contributed by atoms with Crippen molar-refractivity contribution in [1.29, 1.82) is 0 Å². The molecule has 102 valence electrons. The molecule has 0 spiro atoms. The lowest BCUT2D eigenvalue weighted by Crippen LogP contribution is -2.12. The van der Waals surface area contributed by atoms with Crippen LogP contribution in [0.25, 0.3) is 0 Å². The van der Waals surface area contributed by atoms with E-state index >= 15 is 0 Å². The van der Waals surface area contributed by atoms with Crippen molar-refractivity contribution >= 4 is 31.6 Å². The third-order valence-corrected chi connectivity index (χ3v) is 4.14. The number of benzene rings is 1. The highest BCUT2D eigenvalue weighted by Gasteiger charge is 2.19. The molecule has 3 N–H and O–H groups in total. The minimum absolute atomic E-state index is 0.109. The molecule has 0 unspecified atom stereocenters. The molecule has 19 heavy (non-hydrogen) atoms. The molecule has 1 aromatic heterocycles. The number of nitrogens with one attached hydrogen (secondary N) is 1. The van der Waals surface area contributed by atoms with Crippen LogP contribution in [0.3, 0.4) is 0 Å². The van der Waals surface area contributed by atoms with Gasteiger partial charge in [-0.3, -0.25) is 4.72 Å². The third-order valence-electron chi connectivity index (χ3n) is 2.27. The first-order valence-electron chi connectivity index (χ1n) is 5.19. The van der Waals surface area contributed by atoms with Crippen LogP contribution in [0.4, 0.5) is 10.1 Å². The van der Waals surface area contributed by atoms with Gasteiger partial charge in [0.15, 0.2) is 0 Å². The van der Waals surface area contributed by atoms with Crippen LogP contribution in [0, 0.1) is 5.82 Å². The van der Waals surface area contributed by atoms with E-state index in [4.69, 9.17) is 10.2 Å². The Bertz CT molecular complexity index is 700. The second-order valence-electron chi connectivity index (χ2n) is 3.66. The minimum Gasteiger partial charge on any atom is -0.446 e. The standard InChI is InChI=1S/C11H10BrFN2O3S/c12-9-5-7(1-3-10(9)13)15-19(16,17)11-4-2-8(6-14)18-11/h1-5,15H,6,14H2. The van der Waals surface area contributed by atoms with E-state index in [1.54, 1.807) is 0 Å². The smallest absolute Gasteiger partial charge is 0.295 e. The van der Waals surface area contributed by atoms with Gasteiger partial charge in [-0.15, -0.1) is 0 Å². The van der Waals surface area contributed by atoms with Crippen molar-refractivity contribution in [3.8, 4) is 0 Å². The van der Waals surface area contributed by atoms with E-state index in [9.17, 15) is 12.8 Å². The Morgan fingerprint density at radius 3 is 2.63 bits per heavy atom. The summed E-state index contributed by atoms with van der Waals surface area (Å²) in [6, 6.07) is 6.57. The Morgan fingerprint density at radius 1 is 1.32 bits per heavy atom. The van der Waals surface area contributed by atoms with Gasteiger partial charge in [-0.05, 0) is 46.3 Å². The number of hydrogen-bond acceptors (Lipinski definition) is 4. The van der Waals surface area contributed by atoms with Crippen molar-refractivity contribution in [2.24, 2.45) is 5.73 Å². The highest BCUT2D eigenvalue weighted by molar-refractivity contribution is 9.10. The molecule has 0 fully saturated rings. The molecule has 1 aromatic carbocycles. The van der Waals surface area contributed by atoms with Crippen LogP contribution in [-0.4, -0.2) is 8.42 Å². The lowest BCUT2D eigenvalue weighted by molar-refractivity contribution is 0.417. The maximum absolute atomic E-state index is 13.0. The predicted molar refractivity (Wildman–Crippen MR) is 71.5 cm³/mol. The first-order chi connectivity index (χ1) is 8.92. The van der Waals surface area contributed by atoms with E-state index in [0.717, 1.165) is 6.07 Å². The topological polar surface area (TPSA) is 85.3 Å². The third kappa shape index (κ3) is 3.14. The molecule has 0 aliphatic carbocycles. The SMILES string of the molecule is NCc1ccc(S(=O)(=O)Nc2ccc(F)c(Br)c2)o1. The number of anilines is 1. The van der Waals surface area contributed by atoms with Crippen molar-refractivity contribution in [3.63, 3.8) is 0 Å². The summed E-state index contributed by atoms with van der Waals surface area (Å²) < 4.78 is 44.5. The molecule has 8 heteroatoms. The summed E-state index contributed by atoms with van der Waals surface area (Å²) in [6.07, 6.45) is 0. The van der Waals surface area contributed by atoms with Gasteiger partial charge >= 0.3 is 0 Å². The predicted octanol–water partition coefficient (Wildman–Crippen LogP) is 2.44. The Labute approximate surface area is 117 Å². The van der Waals surface area contributed by atoms with Gasteiger partial charge in [-0.1, -0.05) is 0 Å². The molecule has 2 rings (SSSR count). The van der Waals surface area contributed by atoms with Crippen molar-refractivity contribution in [1.82, 2.24) is 0 Å². The summed E-state index contributed by atoms with van der Waals surface area (Å²) >= 11 is 2.98. The highest BCUT2D eigenvalue weighted by atomic mass is 79.9. The molecule has 5 nitrogen and oxygen atoms in total. The van der Waals surface area contributed by atoms with Crippen molar-refractivity contribution < 1.29 is 17.2 Å². The van der Waals surface area contributed by atoms with Crippen molar-refractivity contribution in [2.45, 2.75) is 11.6 Å². The fourth-order valence-electron chi connectivity index (χ4n) is 1.38. The van der Waals surface area contributed by atoms with Crippen LogP contribution in [0.15, 0.2) is 44.3 Å². The summed E-state index contributed by atoms with van der Waals surface area (Å²) in [5.41, 5.74) is 5.56. The van der Waals surface area contributed by atoms with Crippen LogP contribution in [0.5, 0.6) is 0 Å². The summed E-state index contributed by atoms with van der Waals surface area (Å²) in [5, 5.41) is -0.242. The molecular formula is C11H10BrFN2O3S. The van der Waals surface area contributed by atoms with Crippen LogP contribution in [0.2, 0.25) is 0 Å². The first kappa shape index (κ1) is 14.0. The number of sulfonamides is 1. The lowest BCUT2D eigenvalue weighted by Gasteiger charge is -2.06. The van der Waals surface area contributed by atoms with E-state index in [-0.39, 0.29) is 21.8 Å². The number of hydrogen-bond donors (Lipinski definition) is 2. The number of halogens is 2. The average Bonchev–Trinajstić information content (AvgIpc) is 2.83. The van der Waals surface area contributed by atoms with E-state index in [0.29, 0.717) is 5.76 Å². The summed E-state index contributed by atoms with van der Waals surface area (Å²) in [5.74, 6) is -0.118. The molecule has 1 heterocycles. The Kier molecular flexibility index (Phi) is 3.93. The Morgan fingerprint density at radius 2 is 2.05 bits per heavy atom. The van der Waals surface area contributed by atoms with Gasteiger partial charge in [0, 0.05) is 0 Å². The van der Waals surface area contributed by atoms with Crippen LogP contribution in [0.1, 0.15) is 5.76 Å². The molecule has 0 radical (unpaired) electrons. The second kappa shape index (κ2) is 5.32. The van der Waals surface area contributed by atoms with Crippen LogP contribution >= 0.6 is 15.9 Å². The van der Waals surface area contributed by atoms with Gasteiger partial charge in [-0.25, -0.2) is 4.39 Å². The van der Waals surface area contributed by atoms with Gasteiger partial charge in [0.1, 0.15) is 11.6 Å². The van der Waals surface area contributed by atoms with E-state index in [1.807, 2.05) is 0 Å². The van der Waals surface area contributed by atoms with E-state index in [1.165, 1.54) is 24.3 Å². The number of rotatable bonds is 4. The number of nitrogens with two attached hydrogens (primary N) is 1. The molecule has 2 aromatic rings. The van der Waals surface area contributed by atoms with Gasteiger partial charge in [0.05, 0.1) is 16.7 Å². The summed E-state index contributed by atoms with van der Waals surface area (Å²) in [6.45, 7) is 0.109. The molecule has 0 saturated heterocycles. The molecule has 0 bridgehead atoms. The zero-order chi connectivity index (χ0) is 14.0. The van der Waals surface area contributed by atoms with Gasteiger partial charge < -0.3 is 10.2 Å². The largest absolute Gasteiger partial charge is 0.446 e. The average molecular weight is 349 g/mol. The lowest BCUT2D eigenvalue weighted by atomic mass is 10.3. The molecule has 0 aliphatic rings. The molecule has 0 saturated carbocycles. The van der Waals surface area contributed by atoms with Gasteiger partial charge in [0.25, 0.3) is 10.0 Å². The van der Waals surface area contributed by atoms with Gasteiger partial charge in [0.2, 0.25) is 5.09 Å². The molecule has 0 atom stereocenters. The number of furan rings is 1. The second-order valence-corrected chi connectivity index (χ2v) is 6.13. The van der Waals surface area contributed by atoms with E-state index < -0.39 is 15.8 Å². The zero-order valence-electron chi connectivity index (χ0n) is 9.56. The maximum Gasteiger partial charge on any atom is 0.295 e. The maximum atomic E-state index is 13.0. The Hall–Kier alpha value is -1.38. The van der Waals surface area contributed by atoms with Gasteiger partial charge in [-0.2, -0.15) is 8.42 Å². The molecular weight excluding hydrogens is 339 g/mol. The summed E-state index contributed by atoms with van der Waals surface area (Å²) in [4.78, 5) is 0. The van der Waals surface area contributed by atoms with Crippen LogP contribution < -0.4 is 10.5 Å². The normalized spacial score (nSPS) is 11.5. The highest BCUT2D eigenvalue weighted by Crippen LogP contribution is 2.23. The monoisotopic (exact) mass is 348 g/mol. The molecule has 0 amide bonds. The fourth-order valence-corrected chi connectivity index (χ4v) is 2.76. The Balaban J connectivity index is 2.28. The first-order valence-corrected chi connectivity index (χ1v) is 7.46. The molecule has 0 aliphatic heterocycles. The quantitative estimate of drug-likeness (QED) is 0.888. The minimum atomic E-state index is -3.85. The zero-order valence-corrected chi connectivity index (χ0v) is 12.0. The summed E-state index contributed by atoms with van der Waals surface area (Å²) in [7, 11) is -3.85. The van der Waals surface area contributed by atoms with Crippen LogP contribution in [-0.2, 0) is 16.6 Å². The van der Waals surface area contributed by atoms with Crippen molar-refractivity contribution in [3.05, 3.63) is 46.4 Å². The fraction of sp³-hybridized carbons (Fsp3) is 0.0909.